The number of benzene rings is 4. The third-order valence-corrected chi connectivity index (χ3v) is 9.27. The van der Waals surface area contributed by atoms with Gasteiger partial charge >= 0.3 is 0 Å². The number of halogens is 3. The Morgan fingerprint density at radius 3 is 2.35 bits per heavy atom. The van der Waals surface area contributed by atoms with Crippen molar-refractivity contribution in [2.45, 2.75) is 47.0 Å². The summed E-state index contributed by atoms with van der Waals surface area (Å²) in [6, 6.07) is 30.1. The number of tetrazole rings is 1. The zero-order valence-corrected chi connectivity index (χ0v) is 28.3. The van der Waals surface area contributed by atoms with Crippen LogP contribution in [-0.2, 0) is 27.4 Å². The highest BCUT2D eigenvalue weighted by Gasteiger charge is 2.33. The lowest BCUT2D eigenvalue weighted by atomic mass is 9.99. The molecule has 48 heavy (non-hydrogen) atoms. The van der Waals surface area contributed by atoms with Gasteiger partial charge in [-0.3, -0.25) is 4.79 Å². The third kappa shape index (κ3) is 8.48. The summed E-state index contributed by atoms with van der Waals surface area (Å²) < 4.78 is 12.6. The molecule has 1 aliphatic rings. The van der Waals surface area contributed by atoms with Crippen molar-refractivity contribution in [1.29, 1.82) is 0 Å². The first-order chi connectivity index (χ1) is 23.2. The minimum absolute atomic E-state index is 0.0363. The molecule has 0 unspecified atom stereocenters. The molecule has 3 N–H and O–H groups in total. The number of carbonyl (C=O) groups is 1. The van der Waals surface area contributed by atoms with Crippen molar-refractivity contribution in [1.82, 2.24) is 25.5 Å². The highest BCUT2D eigenvalue weighted by atomic mass is 35.6. The smallest absolute Gasteiger partial charge is 0.272 e. The monoisotopic (exact) mass is 725 g/mol. The fourth-order valence-corrected chi connectivity index (χ4v) is 6.30. The average Bonchev–Trinajstić information content (AvgIpc) is 3.58. The molecule has 0 radical (unpaired) electrons. The number of amides is 1. The molecule has 0 saturated carbocycles. The first-order valence-corrected chi connectivity index (χ1v) is 17.0. The van der Waals surface area contributed by atoms with Crippen LogP contribution in [0.15, 0.2) is 102 Å². The van der Waals surface area contributed by atoms with E-state index >= 15 is 0 Å². The fraction of sp³-hybridized carbons (Fsp3) is 0.235. The van der Waals surface area contributed by atoms with Crippen molar-refractivity contribution in [3.8, 4) is 22.6 Å². The number of aliphatic hydroxyl groups excluding tert-OH is 1. The molecule has 1 amide bonds. The van der Waals surface area contributed by atoms with Gasteiger partial charge in [0.2, 0.25) is 5.16 Å². The van der Waals surface area contributed by atoms with Crippen LogP contribution < -0.4 is 5.32 Å². The summed E-state index contributed by atoms with van der Waals surface area (Å²) in [6.07, 6.45) is -0.505. The standard InChI is InChI=1S/C34H30Cl3N5O5S/c35-34(36,37)32(45)38-18-22-2-1-3-26(16-22)23-8-10-25(11-9-23)31-46-29(17-30(47-31)24-6-4-21(19-43)5-7-24)20-48-33-39-40-41-42(33)27-12-14-28(44)15-13-27/h1-16,29-31,43-44H,17-20H2,(H,38,45)/t29-,30+,31+/m1/s1. The number of nitrogens with zero attached hydrogens (tertiary/aromatic N) is 4. The Morgan fingerprint density at radius 1 is 0.917 bits per heavy atom. The molecule has 3 atom stereocenters. The molecule has 5 aromatic rings. The number of thioether (sulfide) groups is 1. The molecular weight excluding hydrogens is 697 g/mol. The second-order valence-electron chi connectivity index (χ2n) is 11.1. The SMILES string of the molecule is O=C(NCc1cccc(-c2ccc([C@H]3O[C@@H](CSc4nnnn4-c4ccc(O)cc4)C[C@@H](c4ccc(CO)cc4)O3)cc2)c1)C(Cl)(Cl)Cl. The number of alkyl halides is 3. The zero-order valence-electron chi connectivity index (χ0n) is 25.2. The number of rotatable bonds is 10. The maximum Gasteiger partial charge on any atom is 0.272 e. The molecule has 1 saturated heterocycles. The van der Waals surface area contributed by atoms with Gasteiger partial charge in [-0.1, -0.05) is 113 Å². The van der Waals surface area contributed by atoms with Crippen LogP contribution in [0.3, 0.4) is 0 Å². The van der Waals surface area contributed by atoms with Crippen LogP contribution in [0.4, 0.5) is 0 Å². The van der Waals surface area contributed by atoms with Crippen molar-refractivity contribution < 1.29 is 24.5 Å². The Morgan fingerprint density at radius 2 is 1.65 bits per heavy atom. The van der Waals surface area contributed by atoms with Crippen molar-refractivity contribution in [2.75, 3.05) is 5.75 Å². The quantitative estimate of drug-likeness (QED) is 0.104. The van der Waals surface area contributed by atoms with E-state index in [1.54, 1.807) is 28.9 Å². The second kappa shape index (κ2) is 15.3. The summed E-state index contributed by atoms with van der Waals surface area (Å²) >= 11 is 18.5. The molecule has 248 valence electrons. The van der Waals surface area contributed by atoms with Gasteiger partial charge in [0.1, 0.15) is 5.75 Å². The maximum absolute atomic E-state index is 12.0. The first kappa shape index (κ1) is 34.2. The van der Waals surface area contributed by atoms with Crippen LogP contribution in [0.1, 0.15) is 41.1 Å². The fourth-order valence-electron chi connectivity index (χ4n) is 5.19. The van der Waals surface area contributed by atoms with Gasteiger partial charge in [-0.15, -0.1) is 5.10 Å². The van der Waals surface area contributed by atoms with Crippen molar-refractivity contribution in [3.63, 3.8) is 0 Å². The van der Waals surface area contributed by atoms with Gasteiger partial charge in [0, 0.05) is 24.3 Å². The van der Waals surface area contributed by atoms with Gasteiger partial charge in [0.25, 0.3) is 9.70 Å². The third-order valence-electron chi connectivity index (χ3n) is 7.70. The number of aromatic hydroxyl groups is 1. The Hall–Kier alpha value is -3.68. The van der Waals surface area contributed by atoms with Crippen LogP contribution in [0.2, 0.25) is 0 Å². The summed E-state index contributed by atoms with van der Waals surface area (Å²) in [5.41, 5.74) is 6.16. The number of nitrogens with one attached hydrogen (secondary N) is 1. The predicted molar refractivity (Wildman–Crippen MR) is 184 cm³/mol. The highest BCUT2D eigenvalue weighted by molar-refractivity contribution is 7.99. The van der Waals surface area contributed by atoms with E-state index in [1.165, 1.54) is 11.8 Å². The predicted octanol–water partition coefficient (Wildman–Crippen LogP) is 6.85. The van der Waals surface area contributed by atoms with E-state index in [9.17, 15) is 15.0 Å². The number of aliphatic hydroxyl groups is 1. The maximum atomic E-state index is 12.0. The number of phenols is 1. The average molecular weight is 727 g/mol. The van der Waals surface area contributed by atoms with E-state index in [2.05, 4.69) is 20.8 Å². The lowest BCUT2D eigenvalue weighted by Crippen LogP contribution is -2.33. The number of phenolic OH excluding ortho intramolecular Hbond substituents is 1. The zero-order chi connectivity index (χ0) is 33.7. The summed E-state index contributed by atoms with van der Waals surface area (Å²) in [5, 5.41) is 34.6. The van der Waals surface area contributed by atoms with Gasteiger partial charge < -0.3 is 25.0 Å². The van der Waals surface area contributed by atoms with Gasteiger partial charge in [-0.2, -0.15) is 4.68 Å². The molecule has 1 aliphatic heterocycles. The minimum atomic E-state index is -2.03. The molecule has 14 heteroatoms. The van der Waals surface area contributed by atoms with Crippen molar-refractivity contribution in [3.05, 3.63) is 119 Å². The molecule has 10 nitrogen and oxygen atoms in total. The highest BCUT2D eigenvalue weighted by Crippen LogP contribution is 2.40. The summed E-state index contributed by atoms with van der Waals surface area (Å²) in [7, 11) is 0. The molecule has 1 fully saturated rings. The lowest BCUT2D eigenvalue weighted by Gasteiger charge is -2.36. The molecule has 0 bridgehead atoms. The molecule has 4 aromatic carbocycles. The van der Waals surface area contributed by atoms with Gasteiger partial charge in [-0.25, -0.2) is 0 Å². The molecule has 0 spiro atoms. The van der Waals surface area contributed by atoms with E-state index in [1.807, 2.05) is 72.8 Å². The Balaban J connectivity index is 1.18. The van der Waals surface area contributed by atoms with E-state index in [0.717, 1.165) is 39.1 Å². The molecular formula is C34H30Cl3N5O5S. The largest absolute Gasteiger partial charge is 0.508 e. The minimum Gasteiger partial charge on any atom is -0.508 e. The molecule has 1 aromatic heterocycles. The van der Waals surface area contributed by atoms with Crippen LogP contribution in [0, 0.1) is 0 Å². The van der Waals surface area contributed by atoms with Crippen molar-refractivity contribution >= 4 is 52.5 Å². The second-order valence-corrected chi connectivity index (χ2v) is 14.3. The van der Waals surface area contributed by atoms with Crippen LogP contribution in [0.5, 0.6) is 5.75 Å². The Bertz CT molecular complexity index is 1840. The number of hydrogen-bond acceptors (Lipinski definition) is 9. The topological polar surface area (TPSA) is 132 Å². The van der Waals surface area contributed by atoms with Crippen LogP contribution >= 0.6 is 46.6 Å². The van der Waals surface area contributed by atoms with E-state index < -0.39 is 16.0 Å². The number of ether oxygens (including phenoxy) is 2. The lowest BCUT2D eigenvalue weighted by molar-refractivity contribution is -0.245. The van der Waals surface area contributed by atoms with Gasteiger partial charge in [0.05, 0.1) is 24.5 Å². The number of aromatic nitrogens is 4. The van der Waals surface area contributed by atoms with Crippen LogP contribution in [-0.4, -0.2) is 52.0 Å². The molecule has 6 rings (SSSR count). The summed E-state index contributed by atoms with van der Waals surface area (Å²) in [5.74, 6) is 0.0272. The molecule has 0 aliphatic carbocycles. The van der Waals surface area contributed by atoms with Crippen molar-refractivity contribution in [2.24, 2.45) is 0 Å². The Kier molecular flexibility index (Phi) is 10.9. The summed E-state index contributed by atoms with van der Waals surface area (Å²) in [4.78, 5) is 12.0. The van der Waals surface area contributed by atoms with Crippen LogP contribution in [0.25, 0.3) is 16.8 Å². The summed E-state index contributed by atoms with van der Waals surface area (Å²) in [6.45, 7) is 0.176. The Labute approximate surface area is 295 Å². The van der Waals surface area contributed by atoms with Gasteiger partial charge in [-0.05, 0) is 68.6 Å². The first-order valence-electron chi connectivity index (χ1n) is 14.9. The number of carbonyl (C=O) groups excluding carboxylic acids is 1. The molecule has 2 heterocycles. The van der Waals surface area contributed by atoms with E-state index in [-0.39, 0.29) is 31.1 Å². The normalized spacial score (nSPS) is 18.0. The van der Waals surface area contributed by atoms with E-state index in [0.29, 0.717) is 17.3 Å². The van der Waals surface area contributed by atoms with E-state index in [4.69, 9.17) is 44.3 Å². The van der Waals surface area contributed by atoms with Gasteiger partial charge in [0.15, 0.2) is 6.29 Å². The number of hydrogen-bond donors (Lipinski definition) is 3.